The molecule has 1 saturated heterocycles. The summed E-state index contributed by atoms with van der Waals surface area (Å²) in [5.74, 6) is 2.32. The highest BCUT2D eigenvalue weighted by Crippen LogP contribution is 2.28. The lowest BCUT2D eigenvalue weighted by atomic mass is 10.2. The van der Waals surface area contributed by atoms with Gasteiger partial charge in [-0.15, -0.1) is 0 Å². The quantitative estimate of drug-likeness (QED) is 0.374. The van der Waals surface area contributed by atoms with Crippen LogP contribution in [0.2, 0.25) is 5.02 Å². The third-order valence-electron chi connectivity index (χ3n) is 2.70. The Labute approximate surface area is 109 Å². The van der Waals surface area contributed by atoms with E-state index in [0.29, 0.717) is 10.6 Å². The number of hydrogen-bond acceptors (Lipinski definition) is 4. The van der Waals surface area contributed by atoms with Gasteiger partial charge in [-0.05, 0) is 18.2 Å². The lowest BCUT2D eigenvalue weighted by molar-refractivity contribution is 0.318. The van der Waals surface area contributed by atoms with Crippen molar-refractivity contribution in [2.45, 2.75) is 0 Å². The molecule has 0 radical (unpaired) electrons. The minimum Gasteiger partial charge on any atom is -0.409 e. The van der Waals surface area contributed by atoms with Gasteiger partial charge in [-0.1, -0.05) is 16.8 Å². The summed E-state index contributed by atoms with van der Waals surface area (Å²) < 4.78 is 0. The molecule has 4 nitrogen and oxygen atoms in total. The van der Waals surface area contributed by atoms with Gasteiger partial charge >= 0.3 is 0 Å². The van der Waals surface area contributed by atoms with E-state index in [2.05, 4.69) is 10.1 Å². The third kappa shape index (κ3) is 2.79. The van der Waals surface area contributed by atoms with Crippen LogP contribution >= 0.6 is 23.4 Å². The van der Waals surface area contributed by atoms with Crippen LogP contribution in [0.4, 0.5) is 5.69 Å². The molecule has 1 fully saturated rings. The van der Waals surface area contributed by atoms with E-state index in [0.717, 1.165) is 30.3 Å². The normalized spacial score (nSPS) is 17.2. The molecule has 6 heteroatoms. The Bertz CT molecular complexity index is 433. The highest BCUT2D eigenvalue weighted by Gasteiger charge is 2.14. The first-order valence-electron chi connectivity index (χ1n) is 5.32. The molecular weight excluding hydrogens is 258 g/mol. The maximum absolute atomic E-state index is 8.60. The molecule has 1 aliphatic heterocycles. The number of thioether (sulfide) groups is 1. The zero-order valence-electron chi connectivity index (χ0n) is 9.27. The van der Waals surface area contributed by atoms with Gasteiger partial charge in [0.2, 0.25) is 0 Å². The summed E-state index contributed by atoms with van der Waals surface area (Å²) >= 11 is 8.18. The standard InChI is InChI=1S/C11H14ClN3OS/c12-9-7-8(11(13)14-16)1-2-10(9)15-3-5-17-6-4-15/h1-2,7,16H,3-6H2,(H2,13,14). The summed E-state index contributed by atoms with van der Waals surface area (Å²) in [5, 5.41) is 12.2. The van der Waals surface area contributed by atoms with E-state index < -0.39 is 0 Å². The maximum Gasteiger partial charge on any atom is 0.170 e. The number of benzene rings is 1. The molecule has 1 aromatic carbocycles. The average molecular weight is 272 g/mol. The fourth-order valence-corrected chi connectivity index (χ4v) is 2.99. The zero-order valence-corrected chi connectivity index (χ0v) is 10.8. The zero-order chi connectivity index (χ0) is 12.3. The lowest BCUT2D eigenvalue weighted by Crippen LogP contribution is -2.32. The number of hydrogen-bond donors (Lipinski definition) is 2. The predicted octanol–water partition coefficient (Wildman–Crippen LogP) is 1.99. The topological polar surface area (TPSA) is 61.9 Å². The van der Waals surface area contributed by atoms with Crippen LogP contribution in [0.25, 0.3) is 0 Å². The third-order valence-corrected chi connectivity index (χ3v) is 3.95. The van der Waals surface area contributed by atoms with Crippen molar-refractivity contribution >= 4 is 34.9 Å². The Morgan fingerprint density at radius 2 is 2.12 bits per heavy atom. The molecule has 0 unspecified atom stereocenters. The van der Waals surface area contributed by atoms with E-state index in [4.69, 9.17) is 22.5 Å². The van der Waals surface area contributed by atoms with E-state index in [1.807, 2.05) is 23.9 Å². The van der Waals surface area contributed by atoms with Crippen molar-refractivity contribution in [2.75, 3.05) is 29.5 Å². The second-order valence-electron chi connectivity index (χ2n) is 3.75. The first-order chi connectivity index (χ1) is 8.22. The van der Waals surface area contributed by atoms with Gasteiger partial charge in [-0.2, -0.15) is 11.8 Å². The molecule has 0 bridgehead atoms. The fourth-order valence-electron chi connectivity index (χ4n) is 1.78. The number of anilines is 1. The van der Waals surface area contributed by atoms with Crippen LogP contribution < -0.4 is 10.6 Å². The Hall–Kier alpha value is -1.07. The SMILES string of the molecule is NC(=NO)c1ccc(N2CCSCC2)c(Cl)c1. The van der Waals surface area contributed by atoms with Crippen LogP contribution in [0.15, 0.2) is 23.4 Å². The fraction of sp³-hybridized carbons (Fsp3) is 0.364. The summed E-state index contributed by atoms with van der Waals surface area (Å²) in [7, 11) is 0. The number of amidine groups is 1. The maximum atomic E-state index is 8.60. The second-order valence-corrected chi connectivity index (χ2v) is 5.38. The molecular formula is C11H14ClN3OS. The summed E-state index contributed by atoms with van der Waals surface area (Å²) in [6.45, 7) is 2.01. The van der Waals surface area contributed by atoms with Gasteiger partial charge in [0.05, 0.1) is 10.7 Å². The number of nitrogens with zero attached hydrogens (tertiary/aromatic N) is 2. The Balaban J connectivity index is 2.24. The Morgan fingerprint density at radius 3 is 2.71 bits per heavy atom. The smallest absolute Gasteiger partial charge is 0.170 e. The molecule has 17 heavy (non-hydrogen) atoms. The van der Waals surface area contributed by atoms with Gasteiger partial charge in [-0.25, -0.2) is 0 Å². The number of oxime groups is 1. The van der Waals surface area contributed by atoms with Crippen LogP contribution in [0, 0.1) is 0 Å². The van der Waals surface area contributed by atoms with Crippen LogP contribution in [-0.2, 0) is 0 Å². The van der Waals surface area contributed by atoms with E-state index in [-0.39, 0.29) is 5.84 Å². The summed E-state index contributed by atoms with van der Waals surface area (Å²) in [6, 6.07) is 5.47. The minimum atomic E-state index is 0.0765. The van der Waals surface area contributed by atoms with Crippen molar-refractivity contribution in [1.82, 2.24) is 0 Å². The number of halogens is 1. The van der Waals surface area contributed by atoms with Gasteiger partial charge in [-0.3, -0.25) is 0 Å². The van der Waals surface area contributed by atoms with Crippen molar-refractivity contribution in [3.8, 4) is 0 Å². The molecule has 0 amide bonds. The predicted molar refractivity (Wildman–Crippen MR) is 73.5 cm³/mol. The molecule has 92 valence electrons. The van der Waals surface area contributed by atoms with Gasteiger partial charge in [0.25, 0.3) is 0 Å². The number of nitrogens with two attached hydrogens (primary N) is 1. The monoisotopic (exact) mass is 271 g/mol. The van der Waals surface area contributed by atoms with Crippen LogP contribution in [0.1, 0.15) is 5.56 Å². The van der Waals surface area contributed by atoms with Crippen LogP contribution in [0.3, 0.4) is 0 Å². The van der Waals surface area contributed by atoms with Gasteiger partial charge < -0.3 is 15.8 Å². The van der Waals surface area contributed by atoms with Gasteiger partial charge in [0, 0.05) is 30.2 Å². The molecule has 3 N–H and O–H groups in total. The van der Waals surface area contributed by atoms with Crippen LogP contribution in [0.5, 0.6) is 0 Å². The van der Waals surface area contributed by atoms with Gasteiger partial charge in [0.15, 0.2) is 5.84 Å². The Morgan fingerprint density at radius 1 is 1.41 bits per heavy atom. The summed E-state index contributed by atoms with van der Waals surface area (Å²) in [4.78, 5) is 2.26. The molecule has 1 heterocycles. The molecule has 2 rings (SSSR count). The van der Waals surface area contributed by atoms with Crippen molar-refractivity contribution < 1.29 is 5.21 Å². The molecule has 0 saturated carbocycles. The van der Waals surface area contributed by atoms with Crippen molar-refractivity contribution in [2.24, 2.45) is 10.9 Å². The summed E-state index contributed by atoms with van der Waals surface area (Å²) in [6.07, 6.45) is 0. The van der Waals surface area contributed by atoms with E-state index in [9.17, 15) is 0 Å². The molecule has 0 aromatic heterocycles. The second kappa shape index (κ2) is 5.51. The molecule has 1 aliphatic rings. The summed E-state index contributed by atoms with van der Waals surface area (Å²) in [5.41, 5.74) is 7.16. The highest BCUT2D eigenvalue weighted by molar-refractivity contribution is 7.99. The minimum absolute atomic E-state index is 0.0765. The molecule has 0 aliphatic carbocycles. The largest absolute Gasteiger partial charge is 0.409 e. The van der Waals surface area contributed by atoms with E-state index in [1.54, 1.807) is 6.07 Å². The number of rotatable bonds is 2. The van der Waals surface area contributed by atoms with Gasteiger partial charge in [0.1, 0.15) is 0 Å². The van der Waals surface area contributed by atoms with Crippen molar-refractivity contribution in [3.05, 3.63) is 28.8 Å². The lowest BCUT2D eigenvalue weighted by Gasteiger charge is -2.29. The molecule has 1 aromatic rings. The first-order valence-corrected chi connectivity index (χ1v) is 6.86. The van der Waals surface area contributed by atoms with Crippen molar-refractivity contribution in [1.29, 1.82) is 0 Å². The highest BCUT2D eigenvalue weighted by atomic mass is 35.5. The average Bonchev–Trinajstić information content (AvgIpc) is 2.38. The molecule has 0 spiro atoms. The van der Waals surface area contributed by atoms with E-state index >= 15 is 0 Å². The first kappa shape index (κ1) is 12.4. The van der Waals surface area contributed by atoms with Crippen molar-refractivity contribution in [3.63, 3.8) is 0 Å². The van der Waals surface area contributed by atoms with Crippen LogP contribution in [-0.4, -0.2) is 35.6 Å². The molecule has 0 atom stereocenters. The van der Waals surface area contributed by atoms with E-state index in [1.165, 1.54) is 0 Å². The Kier molecular flexibility index (Phi) is 4.02.